The second kappa shape index (κ2) is 8.91. The predicted molar refractivity (Wildman–Crippen MR) is 125 cm³/mol. The zero-order valence-corrected chi connectivity index (χ0v) is 19.4. The number of fused-ring (bicyclic) bond motifs is 1. The quantitative estimate of drug-likeness (QED) is 0.424. The molecule has 1 heterocycles. The van der Waals surface area contributed by atoms with Crippen molar-refractivity contribution in [1.82, 2.24) is 4.57 Å². The fourth-order valence-electron chi connectivity index (χ4n) is 3.62. The Kier molecular flexibility index (Phi) is 6.44. The van der Waals surface area contributed by atoms with E-state index in [0.29, 0.717) is 17.7 Å². The molecule has 3 rings (SSSR count). The van der Waals surface area contributed by atoms with Gasteiger partial charge in [-0.25, -0.2) is 9.59 Å². The average molecular weight is 436 g/mol. The van der Waals surface area contributed by atoms with Crippen LogP contribution in [0.3, 0.4) is 0 Å². The van der Waals surface area contributed by atoms with Crippen LogP contribution in [0.15, 0.2) is 48.2 Å². The summed E-state index contributed by atoms with van der Waals surface area (Å²) in [6.07, 6.45) is 4.47. The number of aryl methyl sites for hydroxylation is 1. The van der Waals surface area contributed by atoms with Gasteiger partial charge in [0.25, 0.3) is 0 Å². The van der Waals surface area contributed by atoms with E-state index in [1.807, 2.05) is 46.0 Å². The largest absolute Gasteiger partial charge is 0.496 e. The smallest absolute Gasteiger partial charge is 0.335 e. The first-order chi connectivity index (χ1) is 15.0. The van der Waals surface area contributed by atoms with Crippen molar-refractivity contribution in [2.24, 2.45) is 7.05 Å². The van der Waals surface area contributed by atoms with Gasteiger partial charge in [0.2, 0.25) is 0 Å². The number of methoxy groups -OCH3 is 1. The van der Waals surface area contributed by atoms with Crippen LogP contribution in [0.4, 0.5) is 0 Å². The van der Waals surface area contributed by atoms with Crippen LogP contribution in [0.25, 0.3) is 17.0 Å². The number of aromatic nitrogens is 1. The monoisotopic (exact) mass is 435 g/mol. The lowest BCUT2D eigenvalue weighted by Gasteiger charge is -2.19. The summed E-state index contributed by atoms with van der Waals surface area (Å²) in [4.78, 5) is 23.6. The third kappa shape index (κ3) is 5.19. The molecule has 0 unspecified atom stereocenters. The number of benzene rings is 2. The van der Waals surface area contributed by atoms with Crippen molar-refractivity contribution in [3.05, 3.63) is 70.4 Å². The summed E-state index contributed by atoms with van der Waals surface area (Å²) in [5.74, 6) is -0.787. The minimum absolute atomic E-state index is 0.188. The average Bonchev–Trinajstić information content (AvgIpc) is 3.01. The number of carbonyl (C=O) groups excluding carboxylic acids is 1. The topological polar surface area (TPSA) is 77.8 Å². The zero-order chi connectivity index (χ0) is 23.6. The number of hydrogen-bond acceptors (Lipinski definition) is 4. The molecule has 0 bridgehead atoms. The minimum atomic E-state index is -0.989. The Balaban J connectivity index is 1.97. The highest BCUT2D eigenvalue weighted by Crippen LogP contribution is 2.29. The predicted octanol–water partition coefficient (Wildman–Crippen LogP) is 5.22. The zero-order valence-electron chi connectivity index (χ0n) is 19.4. The molecule has 0 fully saturated rings. The number of carboxylic acids is 1. The van der Waals surface area contributed by atoms with Crippen LogP contribution < -0.4 is 4.74 Å². The van der Waals surface area contributed by atoms with Crippen LogP contribution in [0.5, 0.6) is 5.75 Å². The van der Waals surface area contributed by atoms with Gasteiger partial charge in [-0.2, -0.15) is 0 Å². The Morgan fingerprint density at radius 2 is 1.81 bits per heavy atom. The van der Waals surface area contributed by atoms with Crippen molar-refractivity contribution in [2.75, 3.05) is 7.11 Å². The molecule has 0 aliphatic carbocycles. The first kappa shape index (κ1) is 23.1. The van der Waals surface area contributed by atoms with E-state index in [2.05, 4.69) is 16.8 Å². The van der Waals surface area contributed by atoms with Gasteiger partial charge in [-0.15, -0.1) is 0 Å². The Hall–Kier alpha value is -3.54. The lowest BCUT2D eigenvalue weighted by Crippen LogP contribution is -2.24. The maximum Gasteiger partial charge on any atom is 0.335 e. The number of esters is 1. The van der Waals surface area contributed by atoms with E-state index in [9.17, 15) is 14.7 Å². The summed E-state index contributed by atoms with van der Waals surface area (Å²) in [5, 5.41) is 10.3. The number of hydrogen-bond donors (Lipinski definition) is 1. The van der Waals surface area contributed by atoms with Crippen LogP contribution in [0.2, 0.25) is 0 Å². The molecule has 0 aliphatic rings. The standard InChI is InChI=1S/C26H29NO5/c1-16(25(30)32-26(2,3)4)11-17-7-10-22-21(12-17)20(15-27(22)5)13-18-8-9-19(24(28)29)14-23(18)31-6/h7-12,14-15H,13H2,1-6H3,(H,28,29). The SMILES string of the molecule is COc1cc(C(=O)O)ccc1Cc1cn(C)c2ccc(C=C(C)C(=O)OC(C)(C)C)cc12. The van der Waals surface area contributed by atoms with E-state index in [0.717, 1.165) is 27.6 Å². The fraction of sp³-hybridized carbons (Fsp3) is 0.308. The second-order valence-electron chi connectivity index (χ2n) is 8.88. The van der Waals surface area contributed by atoms with Crippen molar-refractivity contribution < 1.29 is 24.2 Å². The van der Waals surface area contributed by atoms with Gasteiger partial charge >= 0.3 is 11.9 Å². The Bertz CT molecular complexity index is 1210. The van der Waals surface area contributed by atoms with Gasteiger partial charge in [-0.05, 0) is 74.7 Å². The molecule has 1 N–H and O–H groups in total. The van der Waals surface area contributed by atoms with Gasteiger partial charge in [0.1, 0.15) is 11.4 Å². The van der Waals surface area contributed by atoms with E-state index >= 15 is 0 Å². The van der Waals surface area contributed by atoms with Crippen molar-refractivity contribution in [3.63, 3.8) is 0 Å². The molecule has 0 aliphatic heterocycles. The molecule has 0 saturated carbocycles. The molecule has 0 atom stereocenters. The number of ether oxygens (including phenoxy) is 2. The third-order valence-corrected chi connectivity index (χ3v) is 5.11. The molecule has 3 aromatic rings. The molecule has 6 heteroatoms. The highest BCUT2D eigenvalue weighted by atomic mass is 16.6. The molecule has 0 saturated heterocycles. The van der Waals surface area contributed by atoms with E-state index in [4.69, 9.17) is 9.47 Å². The second-order valence-corrected chi connectivity index (χ2v) is 8.88. The molecule has 0 amide bonds. The van der Waals surface area contributed by atoms with Crippen molar-refractivity contribution in [2.45, 2.75) is 39.7 Å². The van der Waals surface area contributed by atoms with Crippen LogP contribution in [0.1, 0.15) is 54.7 Å². The molecular formula is C26H29NO5. The van der Waals surface area contributed by atoms with Crippen LogP contribution in [-0.4, -0.2) is 34.3 Å². The van der Waals surface area contributed by atoms with Gasteiger partial charge in [0.05, 0.1) is 12.7 Å². The number of carboxylic acid groups (broad SMARTS) is 1. The van der Waals surface area contributed by atoms with Gasteiger partial charge in [0, 0.05) is 36.1 Å². The number of carbonyl (C=O) groups is 2. The van der Waals surface area contributed by atoms with Crippen molar-refractivity contribution in [1.29, 1.82) is 0 Å². The molecule has 0 radical (unpaired) electrons. The molecule has 1 aromatic heterocycles. The van der Waals surface area contributed by atoms with Gasteiger partial charge in [-0.1, -0.05) is 12.1 Å². The highest BCUT2D eigenvalue weighted by Gasteiger charge is 2.18. The molecule has 168 valence electrons. The molecule has 0 spiro atoms. The Labute approximate surface area is 188 Å². The summed E-state index contributed by atoms with van der Waals surface area (Å²) in [6.45, 7) is 7.28. The van der Waals surface area contributed by atoms with E-state index in [1.54, 1.807) is 25.1 Å². The van der Waals surface area contributed by atoms with Gasteiger partial charge in [0.15, 0.2) is 0 Å². The molecule has 2 aromatic carbocycles. The lowest BCUT2D eigenvalue weighted by atomic mass is 10.0. The first-order valence-electron chi connectivity index (χ1n) is 10.4. The Morgan fingerprint density at radius 1 is 1.09 bits per heavy atom. The summed E-state index contributed by atoms with van der Waals surface area (Å²) >= 11 is 0. The van der Waals surface area contributed by atoms with Crippen LogP contribution in [-0.2, 0) is 23.0 Å². The summed E-state index contributed by atoms with van der Waals surface area (Å²) in [7, 11) is 3.52. The molecule has 6 nitrogen and oxygen atoms in total. The summed E-state index contributed by atoms with van der Waals surface area (Å²) in [6, 6.07) is 11.0. The number of nitrogens with zero attached hydrogens (tertiary/aromatic N) is 1. The third-order valence-electron chi connectivity index (χ3n) is 5.11. The maximum absolute atomic E-state index is 12.3. The highest BCUT2D eigenvalue weighted by molar-refractivity contribution is 5.94. The number of rotatable bonds is 6. The van der Waals surface area contributed by atoms with Crippen LogP contribution in [0, 0.1) is 0 Å². The van der Waals surface area contributed by atoms with E-state index in [-0.39, 0.29) is 11.5 Å². The Morgan fingerprint density at radius 3 is 2.44 bits per heavy atom. The fourth-order valence-corrected chi connectivity index (χ4v) is 3.62. The van der Waals surface area contributed by atoms with E-state index in [1.165, 1.54) is 7.11 Å². The normalized spacial score (nSPS) is 12.1. The van der Waals surface area contributed by atoms with Crippen molar-refractivity contribution in [3.8, 4) is 5.75 Å². The lowest BCUT2D eigenvalue weighted by molar-refractivity contribution is -0.149. The van der Waals surface area contributed by atoms with Gasteiger partial charge < -0.3 is 19.1 Å². The minimum Gasteiger partial charge on any atom is -0.496 e. The van der Waals surface area contributed by atoms with Gasteiger partial charge in [-0.3, -0.25) is 0 Å². The first-order valence-corrected chi connectivity index (χ1v) is 10.4. The van der Waals surface area contributed by atoms with E-state index < -0.39 is 11.6 Å². The van der Waals surface area contributed by atoms with Crippen molar-refractivity contribution >= 4 is 28.9 Å². The maximum atomic E-state index is 12.3. The summed E-state index contributed by atoms with van der Waals surface area (Å²) in [5.41, 5.74) is 4.12. The van der Waals surface area contributed by atoms with Crippen LogP contribution >= 0.6 is 0 Å². The summed E-state index contributed by atoms with van der Waals surface area (Å²) < 4.78 is 12.9. The number of aromatic carboxylic acids is 1. The molecular weight excluding hydrogens is 406 g/mol. The molecule has 32 heavy (non-hydrogen) atoms.